The Morgan fingerprint density at radius 3 is 2.58 bits per heavy atom. The third kappa shape index (κ3) is 2.23. The highest BCUT2D eigenvalue weighted by Crippen LogP contribution is 2.45. The van der Waals surface area contributed by atoms with Gasteiger partial charge in [0.2, 0.25) is 0 Å². The van der Waals surface area contributed by atoms with Crippen LogP contribution in [0.1, 0.15) is 18.4 Å². The molecule has 1 saturated carbocycles. The Labute approximate surface area is 120 Å². The number of piperidine rings is 3. The summed E-state index contributed by atoms with van der Waals surface area (Å²) in [7, 11) is 0. The van der Waals surface area contributed by atoms with Crippen LogP contribution >= 0.6 is 12.4 Å². The predicted molar refractivity (Wildman–Crippen MR) is 76.8 cm³/mol. The molecule has 3 nitrogen and oxygen atoms in total. The minimum absolute atomic E-state index is 0. The first-order valence-corrected chi connectivity index (χ1v) is 7.09. The van der Waals surface area contributed by atoms with E-state index in [9.17, 15) is 0 Å². The summed E-state index contributed by atoms with van der Waals surface area (Å²) in [6.07, 6.45) is 6.89. The summed E-state index contributed by atoms with van der Waals surface area (Å²) in [5.41, 5.74) is 1.21. The number of halogens is 1. The summed E-state index contributed by atoms with van der Waals surface area (Å²) in [5, 5.41) is 0. The van der Waals surface area contributed by atoms with Crippen molar-refractivity contribution in [3.8, 4) is 5.75 Å². The lowest BCUT2D eigenvalue weighted by atomic mass is 9.66. The molecule has 0 aromatic carbocycles. The van der Waals surface area contributed by atoms with Gasteiger partial charge in [-0.05, 0) is 37.3 Å². The van der Waals surface area contributed by atoms with E-state index in [1.165, 1.54) is 38.0 Å². The van der Waals surface area contributed by atoms with Crippen molar-refractivity contribution < 1.29 is 4.74 Å². The molecule has 1 aromatic rings. The van der Waals surface area contributed by atoms with Crippen LogP contribution in [-0.4, -0.2) is 35.6 Å². The van der Waals surface area contributed by atoms with E-state index in [4.69, 9.17) is 4.74 Å². The van der Waals surface area contributed by atoms with Gasteiger partial charge in [0, 0.05) is 37.7 Å². The lowest BCUT2D eigenvalue weighted by Crippen LogP contribution is -2.61. The molecular weight excluding hydrogens is 260 g/mol. The van der Waals surface area contributed by atoms with Gasteiger partial charge in [-0.2, -0.15) is 0 Å². The quantitative estimate of drug-likeness (QED) is 0.832. The van der Waals surface area contributed by atoms with E-state index in [0.717, 1.165) is 23.5 Å². The highest BCUT2D eigenvalue weighted by Gasteiger charge is 2.48. The summed E-state index contributed by atoms with van der Waals surface area (Å²) >= 11 is 0. The Kier molecular flexibility index (Phi) is 3.44. The zero-order chi connectivity index (χ0) is 12.1. The molecule has 2 atom stereocenters. The van der Waals surface area contributed by atoms with Crippen molar-refractivity contribution in [3.63, 3.8) is 0 Å². The largest absolute Gasteiger partial charge is 0.488 e. The molecule has 0 radical (unpaired) electrons. The lowest BCUT2D eigenvalue weighted by molar-refractivity contribution is -0.0987. The zero-order valence-electron chi connectivity index (χ0n) is 11.3. The molecule has 1 aromatic heterocycles. The molecule has 0 spiro atoms. The lowest BCUT2D eigenvalue weighted by Gasteiger charge is -2.55. The number of hydrogen-bond donors (Lipinski definition) is 0. The van der Waals surface area contributed by atoms with Gasteiger partial charge >= 0.3 is 0 Å². The number of aromatic nitrogens is 1. The molecule has 0 unspecified atom stereocenters. The molecule has 19 heavy (non-hydrogen) atoms. The molecule has 104 valence electrons. The van der Waals surface area contributed by atoms with Gasteiger partial charge in [-0.1, -0.05) is 0 Å². The number of pyridine rings is 1. The second-order valence-corrected chi connectivity index (χ2v) is 6.30. The third-order valence-electron chi connectivity index (χ3n) is 4.96. The van der Waals surface area contributed by atoms with Crippen LogP contribution in [0, 0.1) is 24.7 Å². The smallest absolute Gasteiger partial charge is 0.140 e. The fourth-order valence-electron chi connectivity index (χ4n) is 4.28. The molecule has 4 aliphatic rings. The zero-order valence-corrected chi connectivity index (χ0v) is 12.1. The molecule has 5 rings (SSSR count). The van der Waals surface area contributed by atoms with E-state index in [2.05, 4.69) is 16.8 Å². The van der Waals surface area contributed by atoms with E-state index >= 15 is 0 Å². The predicted octanol–water partition coefficient (Wildman–Crippen LogP) is 2.53. The van der Waals surface area contributed by atoms with E-state index in [1.54, 1.807) is 0 Å². The van der Waals surface area contributed by atoms with Crippen molar-refractivity contribution in [2.75, 3.05) is 19.6 Å². The number of ether oxygens (including phenoxy) is 1. The maximum absolute atomic E-state index is 6.33. The van der Waals surface area contributed by atoms with Gasteiger partial charge in [0.05, 0.1) is 6.20 Å². The van der Waals surface area contributed by atoms with Crippen molar-refractivity contribution in [3.05, 3.63) is 24.0 Å². The Morgan fingerprint density at radius 2 is 1.95 bits per heavy atom. The first-order valence-electron chi connectivity index (χ1n) is 7.09. The van der Waals surface area contributed by atoms with E-state index < -0.39 is 0 Å². The molecular formula is C15H21ClN2O. The maximum Gasteiger partial charge on any atom is 0.140 e. The Bertz CT molecular complexity index is 437. The summed E-state index contributed by atoms with van der Waals surface area (Å²) < 4.78 is 6.33. The minimum atomic E-state index is 0. The Hall–Kier alpha value is -0.800. The van der Waals surface area contributed by atoms with Crippen LogP contribution in [0.2, 0.25) is 0 Å². The van der Waals surface area contributed by atoms with Gasteiger partial charge in [-0.25, -0.2) is 0 Å². The number of hydrogen-bond acceptors (Lipinski definition) is 3. The van der Waals surface area contributed by atoms with Crippen LogP contribution in [-0.2, 0) is 0 Å². The van der Waals surface area contributed by atoms with Crippen LogP contribution in [0.25, 0.3) is 0 Å². The summed E-state index contributed by atoms with van der Waals surface area (Å²) in [5.74, 6) is 3.43. The van der Waals surface area contributed by atoms with Gasteiger partial charge in [0.25, 0.3) is 0 Å². The van der Waals surface area contributed by atoms with Gasteiger partial charge < -0.3 is 9.64 Å². The van der Waals surface area contributed by atoms with Crippen LogP contribution in [0.3, 0.4) is 0 Å². The highest BCUT2D eigenvalue weighted by atomic mass is 35.5. The summed E-state index contributed by atoms with van der Waals surface area (Å²) in [6.45, 7) is 5.94. The van der Waals surface area contributed by atoms with Crippen LogP contribution < -0.4 is 4.74 Å². The first-order chi connectivity index (χ1) is 8.79. The van der Waals surface area contributed by atoms with Crippen molar-refractivity contribution >= 4 is 12.4 Å². The average molecular weight is 281 g/mol. The van der Waals surface area contributed by atoms with Crippen LogP contribution in [0.15, 0.2) is 18.5 Å². The Morgan fingerprint density at radius 1 is 1.21 bits per heavy atom. The summed E-state index contributed by atoms with van der Waals surface area (Å²) in [4.78, 5) is 6.84. The molecule has 0 N–H and O–H groups in total. The SMILES string of the molecule is Cc1ccncc1OC1[C@H]2CC3C[C@H]1CN(C3)C2.Cl. The highest BCUT2D eigenvalue weighted by molar-refractivity contribution is 5.85. The molecule has 0 amide bonds. The number of aryl methyl sites for hydroxylation is 1. The average Bonchev–Trinajstić information content (AvgIpc) is 2.35. The second-order valence-electron chi connectivity index (χ2n) is 6.30. The van der Waals surface area contributed by atoms with Crippen molar-refractivity contribution in [2.45, 2.75) is 25.9 Å². The molecule has 4 heteroatoms. The normalized spacial score (nSPS) is 38.9. The van der Waals surface area contributed by atoms with Crippen molar-refractivity contribution in [1.82, 2.24) is 9.88 Å². The van der Waals surface area contributed by atoms with Crippen molar-refractivity contribution in [2.24, 2.45) is 17.8 Å². The maximum atomic E-state index is 6.33. The van der Waals surface area contributed by atoms with Crippen LogP contribution in [0.4, 0.5) is 0 Å². The fraction of sp³-hybridized carbons (Fsp3) is 0.667. The standard InChI is InChI=1S/C15H20N2O.ClH/c1-10-2-3-16-6-14(10)18-15-12-4-11-5-13(15)9-17(7-11)8-12;/h2-3,6,11-13,15H,4-5,7-9H2,1H3;1H/t11?,12-,13-,15?;/m0./s1. The van der Waals surface area contributed by atoms with Crippen LogP contribution in [0.5, 0.6) is 5.75 Å². The minimum Gasteiger partial charge on any atom is -0.488 e. The third-order valence-corrected chi connectivity index (χ3v) is 4.96. The summed E-state index contributed by atoms with van der Waals surface area (Å²) in [6, 6.07) is 2.04. The number of rotatable bonds is 2. The molecule has 3 saturated heterocycles. The Balaban J connectivity index is 0.00000110. The monoisotopic (exact) mass is 280 g/mol. The fourth-order valence-corrected chi connectivity index (χ4v) is 4.28. The number of nitrogens with zero attached hydrogens (tertiary/aromatic N) is 2. The topological polar surface area (TPSA) is 25.4 Å². The molecule has 4 heterocycles. The second kappa shape index (κ2) is 4.95. The van der Waals surface area contributed by atoms with Gasteiger partial charge in [-0.3, -0.25) is 4.98 Å². The molecule has 4 bridgehead atoms. The van der Waals surface area contributed by atoms with Gasteiger partial charge in [-0.15, -0.1) is 12.4 Å². The molecule has 4 fully saturated rings. The molecule has 3 aliphatic heterocycles. The van der Waals surface area contributed by atoms with Crippen molar-refractivity contribution in [1.29, 1.82) is 0 Å². The molecule has 1 aliphatic carbocycles. The van der Waals surface area contributed by atoms with Gasteiger partial charge in [0.1, 0.15) is 11.9 Å². The van der Waals surface area contributed by atoms with Gasteiger partial charge in [0.15, 0.2) is 0 Å². The van der Waals surface area contributed by atoms with E-state index in [-0.39, 0.29) is 12.4 Å². The first kappa shape index (κ1) is 13.2. The van der Waals surface area contributed by atoms with E-state index in [1.807, 2.05) is 18.5 Å². The van der Waals surface area contributed by atoms with E-state index in [0.29, 0.717) is 6.10 Å².